The fourth-order valence-electron chi connectivity index (χ4n) is 1.88. The van der Waals surface area contributed by atoms with Gasteiger partial charge in [-0.3, -0.25) is 4.98 Å². The molecule has 0 fully saturated rings. The van der Waals surface area contributed by atoms with E-state index in [-0.39, 0.29) is 0 Å². The largest absolute Gasteiger partial charge is 0.314 e. The second-order valence-corrected chi connectivity index (χ2v) is 4.03. The van der Waals surface area contributed by atoms with Gasteiger partial charge in [-0.25, -0.2) is 0 Å². The minimum atomic E-state index is 0.576. The Kier molecular flexibility index (Phi) is 6.50. The van der Waals surface area contributed by atoms with Gasteiger partial charge in [-0.1, -0.05) is 13.0 Å². The zero-order valence-corrected chi connectivity index (χ0v) is 10.2. The molecular formula is C14H22N2. The van der Waals surface area contributed by atoms with E-state index in [0.717, 1.165) is 19.4 Å². The number of rotatable bonds is 8. The first-order valence-electron chi connectivity index (χ1n) is 6.10. The van der Waals surface area contributed by atoms with Crippen LogP contribution >= 0.6 is 0 Å². The van der Waals surface area contributed by atoms with Crippen LogP contribution in [0.15, 0.2) is 37.2 Å². The molecule has 0 spiro atoms. The van der Waals surface area contributed by atoms with Crippen molar-refractivity contribution in [3.63, 3.8) is 0 Å². The van der Waals surface area contributed by atoms with E-state index in [1.807, 2.05) is 18.5 Å². The Bertz CT molecular complexity index is 282. The maximum absolute atomic E-state index is 4.04. The smallest absolute Gasteiger partial charge is 0.0270 e. The molecule has 0 aliphatic heterocycles. The maximum Gasteiger partial charge on any atom is 0.0270 e. The first kappa shape index (κ1) is 12.9. The molecule has 1 N–H and O–H groups in total. The van der Waals surface area contributed by atoms with Gasteiger partial charge in [0.15, 0.2) is 0 Å². The van der Waals surface area contributed by atoms with Gasteiger partial charge in [0, 0.05) is 18.4 Å². The lowest BCUT2D eigenvalue weighted by atomic mass is 10.0. The highest BCUT2D eigenvalue weighted by Crippen LogP contribution is 2.08. The van der Waals surface area contributed by atoms with Crippen molar-refractivity contribution in [3.05, 3.63) is 42.7 Å². The minimum absolute atomic E-state index is 0.576. The molecule has 0 aliphatic carbocycles. The molecular weight excluding hydrogens is 196 g/mol. The molecule has 0 amide bonds. The van der Waals surface area contributed by atoms with Crippen LogP contribution in [0.3, 0.4) is 0 Å². The lowest BCUT2D eigenvalue weighted by Gasteiger charge is -2.17. The quantitative estimate of drug-likeness (QED) is 0.536. The molecule has 88 valence electrons. The van der Waals surface area contributed by atoms with Crippen LogP contribution in [0.5, 0.6) is 0 Å². The lowest BCUT2D eigenvalue weighted by molar-refractivity contribution is 0.478. The Hall–Kier alpha value is -1.15. The summed E-state index contributed by atoms with van der Waals surface area (Å²) >= 11 is 0. The molecule has 0 bridgehead atoms. The normalized spacial score (nSPS) is 12.3. The highest BCUT2D eigenvalue weighted by atomic mass is 14.9. The maximum atomic E-state index is 4.04. The van der Waals surface area contributed by atoms with E-state index < -0.39 is 0 Å². The number of pyridine rings is 1. The molecule has 1 aromatic heterocycles. The molecule has 1 aromatic rings. The van der Waals surface area contributed by atoms with Gasteiger partial charge in [0.25, 0.3) is 0 Å². The predicted octanol–water partition coefficient (Wildman–Crippen LogP) is 2.96. The number of nitrogens with one attached hydrogen (secondary N) is 1. The van der Waals surface area contributed by atoms with E-state index in [1.54, 1.807) is 0 Å². The standard InChI is InChI=1S/C14H22N2/c1-3-5-6-7-14(16-4-2)12-13-8-10-15-11-9-13/h3,8-11,14,16H,1,4-7,12H2,2H3. The molecule has 1 rings (SSSR count). The fraction of sp³-hybridized carbons (Fsp3) is 0.500. The summed E-state index contributed by atoms with van der Waals surface area (Å²) < 4.78 is 0. The van der Waals surface area contributed by atoms with E-state index in [9.17, 15) is 0 Å². The van der Waals surface area contributed by atoms with Crippen molar-refractivity contribution in [1.82, 2.24) is 10.3 Å². The average molecular weight is 218 g/mol. The van der Waals surface area contributed by atoms with Crippen molar-refractivity contribution in [2.24, 2.45) is 0 Å². The molecule has 0 radical (unpaired) electrons. The molecule has 2 heteroatoms. The van der Waals surface area contributed by atoms with Crippen molar-refractivity contribution >= 4 is 0 Å². The second-order valence-electron chi connectivity index (χ2n) is 4.03. The molecule has 1 atom stereocenters. The van der Waals surface area contributed by atoms with Gasteiger partial charge in [0.2, 0.25) is 0 Å². The molecule has 0 aromatic carbocycles. The number of hydrogen-bond acceptors (Lipinski definition) is 2. The monoisotopic (exact) mass is 218 g/mol. The van der Waals surface area contributed by atoms with Gasteiger partial charge in [-0.2, -0.15) is 0 Å². The van der Waals surface area contributed by atoms with Crippen molar-refractivity contribution in [2.75, 3.05) is 6.54 Å². The Morgan fingerprint density at radius 1 is 1.44 bits per heavy atom. The van der Waals surface area contributed by atoms with E-state index in [0.29, 0.717) is 6.04 Å². The van der Waals surface area contributed by atoms with Crippen LogP contribution in [0, 0.1) is 0 Å². The molecule has 2 nitrogen and oxygen atoms in total. The third kappa shape index (κ3) is 5.08. The Balaban J connectivity index is 2.40. The van der Waals surface area contributed by atoms with Crippen LogP contribution in [0.4, 0.5) is 0 Å². The van der Waals surface area contributed by atoms with Gasteiger partial charge >= 0.3 is 0 Å². The van der Waals surface area contributed by atoms with Crippen LogP contribution in [0.25, 0.3) is 0 Å². The molecule has 1 unspecified atom stereocenters. The van der Waals surface area contributed by atoms with Crippen LogP contribution in [-0.2, 0) is 6.42 Å². The van der Waals surface area contributed by atoms with Gasteiger partial charge in [0.05, 0.1) is 0 Å². The highest BCUT2D eigenvalue weighted by Gasteiger charge is 2.07. The predicted molar refractivity (Wildman–Crippen MR) is 69.5 cm³/mol. The van der Waals surface area contributed by atoms with Crippen LogP contribution in [0.2, 0.25) is 0 Å². The van der Waals surface area contributed by atoms with Crippen molar-refractivity contribution in [1.29, 1.82) is 0 Å². The minimum Gasteiger partial charge on any atom is -0.314 e. The van der Waals surface area contributed by atoms with Gasteiger partial charge in [-0.15, -0.1) is 6.58 Å². The Morgan fingerprint density at radius 3 is 2.81 bits per heavy atom. The number of likely N-dealkylation sites (N-methyl/N-ethyl adjacent to an activating group) is 1. The van der Waals surface area contributed by atoms with Crippen molar-refractivity contribution < 1.29 is 0 Å². The average Bonchev–Trinajstić information content (AvgIpc) is 2.31. The summed E-state index contributed by atoms with van der Waals surface area (Å²) in [7, 11) is 0. The zero-order chi connectivity index (χ0) is 11.6. The van der Waals surface area contributed by atoms with Gasteiger partial charge in [0.1, 0.15) is 0 Å². The molecule has 16 heavy (non-hydrogen) atoms. The summed E-state index contributed by atoms with van der Waals surface area (Å²) in [5.74, 6) is 0. The van der Waals surface area contributed by atoms with Crippen LogP contribution < -0.4 is 5.32 Å². The molecule has 0 saturated heterocycles. The third-order valence-corrected chi connectivity index (χ3v) is 2.69. The van der Waals surface area contributed by atoms with Crippen molar-refractivity contribution in [3.8, 4) is 0 Å². The molecule has 0 aliphatic rings. The summed E-state index contributed by atoms with van der Waals surface area (Å²) in [5.41, 5.74) is 1.36. The van der Waals surface area contributed by atoms with E-state index in [1.165, 1.54) is 18.4 Å². The lowest BCUT2D eigenvalue weighted by Crippen LogP contribution is -2.30. The summed E-state index contributed by atoms with van der Waals surface area (Å²) in [6.07, 6.45) is 10.3. The molecule has 1 heterocycles. The number of allylic oxidation sites excluding steroid dienone is 1. The van der Waals surface area contributed by atoms with Crippen LogP contribution in [-0.4, -0.2) is 17.6 Å². The Labute approximate surface area is 98.8 Å². The van der Waals surface area contributed by atoms with E-state index >= 15 is 0 Å². The molecule has 0 saturated carbocycles. The summed E-state index contributed by atoms with van der Waals surface area (Å²) in [6.45, 7) is 6.95. The first-order chi connectivity index (χ1) is 7.86. The van der Waals surface area contributed by atoms with Gasteiger partial charge in [-0.05, 0) is 49.9 Å². The van der Waals surface area contributed by atoms with Crippen molar-refractivity contribution in [2.45, 2.75) is 38.6 Å². The summed E-state index contributed by atoms with van der Waals surface area (Å²) in [4.78, 5) is 4.04. The topological polar surface area (TPSA) is 24.9 Å². The first-order valence-corrected chi connectivity index (χ1v) is 6.10. The number of aromatic nitrogens is 1. The Morgan fingerprint density at radius 2 is 2.19 bits per heavy atom. The SMILES string of the molecule is C=CCCCC(Cc1ccncc1)NCC. The highest BCUT2D eigenvalue weighted by molar-refractivity contribution is 5.11. The third-order valence-electron chi connectivity index (χ3n) is 2.69. The zero-order valence-electron chi connectivity index (χ0n) is 10.2. The number of hydrogen-bond donors (Lipinski definition) is 1. The second kappa shape index (κ2) is 8.05. The van der Waals surface area contributed by atoms with E-state index in [2.05, 4.69) is 35.9 Å². The summed E-state index contributed by atoms with van der Waals surface area (Å²) in [6, 6.07) is 4.77. The summed E-state index contributed by atoms with van der Waals surface area (Å²) in [5, 5.41) is 3.54. The van der Waals surface area contributed by atoms with Crippen LogP contribution in [0.1, 0.15) is 31.7 Å². The fourth-order valence-corrected chi connectivity index (χ4v) is 1.88. The van der Waals surface area contributed by atoms with E-state index in [4.69, 9.17) is 0 Å². The number of nitrogens with zero attached hydrogens (tertiary/aromatic N) is 1. The number of unbranched alkanes of at least 4 members (excludes halogenated alkanes) is 1. The van der Waals surface area contributed by atoms with Gasteiger partial charge < -0.3 is 5.32 Å².